The Hall–Kier alpha value is -9.11. The van der Waals surface area contributed by atoms with Crippen molar-refractivity contribution in [3.05, 3.63) is 279 Å². The van der Waals surface area contributed by atoms with E-state index in [1.165, 1.54) is 82.7 Å². The number of benzene rings is 11. The highest BCUT2D eigenvalue weighted by Crippen LogP contribution is 2.48. The summed E-state index contributed by atoms with van der Waals surface area (Å²) >= 11 is 0. The van der Waals surface area contributed by atoms with E-state index in [1.807, 2.05) is 0 Å². The van der Waals surface area contributed by atoms with Crippen molar-refractivity contribution in [1.82, 2.24) is 9.55 Å². The number of nitrogens with zero attached hydrogens (tertiary/aromatic N) is 2. The second-order valence-corrected chi connectivity index (χ2v) is 19.3. The summed E-state index contributed by atoms with van der Waals surface area (Å²) in [4.78, 5) is 5.20. The van der Waals surface area contributed by atoms with E-state index in [1.54, 1.807) is 0 Å². The number of imidazole rings is 1. The molecule has 0 saturated heterocycles. The number of rotatable bonds is 9. The van der Waals surface area contributed by atoms with E-state index in [2.05, 4.69) is 285 Å². The predicted molar refractivity (Wildman–Crippen MR) is 304 cm³/mol. The second kappa shape index (κ2) is 18.0. The molecule has 11 aromatic carbocycles. The summed E-state index contributed by atoms with van der Waals surface area (Å²) in [7, 11) is 0. The fourth-order valence-electron chi connectivity index (χ4n) is 11.1. The van der Waals surface area contributed by atoms with Gasteiger partial charge in [-0.15, -0.1) is 0 Å². The van der Waals surface area contributed by atoms with Crippen molar-refractivity contribution in [3.63, 3.8) is 0 Å². The Morgan fingerprint density at radius 3 is 1.43 bits per heavy atom. The van der Waals surface area contributed by atoms with Gasteiger partial charge in [-0.3, -0.25) is 4.57 Å². The Bertz CT molecular complexity index is 3980. The van der Waals surface area contributed by atoms with Crippen LogP contribution in [0, 0.1) is 0 Å². The van der Waals surface area contributed by atoms with Gasteiger partial charge >= 0.3 is 0 Å². The van der Waals surface area contributed by atoms with Gasteiger partial charge in [-0.25, -0.2) is 4.98 Å². The van der Waals surface area contributed by atoms with Gasteiger partial charge in [-0.1, -0.05) is 225 Å². The molecule has 12 aromatic rings. The molecule has 0 bridgehead atoms. The SMILES string of the molecule is CC1(c2cc(-c3ccccc3)cc(-c3c4ccccc4c(-c4cc(-c5ccccc5)cc(-c5ccccc5)c4)c4ccc(-c5ccc(-c6nc7ccccc7n6-c6ccccc6)cc5)cc34)c2)C=CC=CC1. The summed E-state index contributed by atoms with van der Waals surface area (Å²) in [6, 6.07) is 91.1. The Kier molecular flexibility index (Phi) is 10.7. The number of fused-ring (bicyclic) bond motifs is 3. The lowest BCUT2D eigenvalue weighted by atomic mass is 9.75. The molecule has 13 rings (SSSR count). The highest BCUT2D eigenvalue weighted by atomic mass is 15.1. The van der Waals surface area contributed by atoms with Crippen molar-refractivity contribution in [3.8, 4) is 83.8 Å². The lowest BCUT2D eigenvalue weighted by Crippen LogP contribution is -2.19. The van der Waals surface area contributed by atoms with Crippen molar-refractivity contribution in [1.29, 1.82) is 0 Å². The van der Waals surface area contributed by atoms with Crippen LogP contribution in [0.1, 0.15) is 18.9 Å². The third kappa shape index (κ3) is 7.75. The Labute approximate surface area is 421 Å². The van der Waals surface area contributed by atoms with E-state index in [9.17, 15) is 0 Å². The van der Waals surface area contributed by atoms with Gasteiger partial charge < -0.3 is 0 Å². The largest absolute Gasteiger partial charge is 0.292 e. The molecule has 0 saturated carbocycles. The minimum Gasteiger partial charge on any atom is -0.292 e. The summed E-state index contributed by atoms with van der Waals surface area (Å²) in [6.07, 6.45) is 10.00. The zero-order valence-corrected chi connectivity index (χ0v) is 40.1. The van der Waals surface area contributed by atoms with Gasteiger partial charge in [0.05, 0.1) is 11.0 Å². The molecule has 340 valence electrons. The fraction of sp³-hybridized carbons (Fsp3) is 0.0429. The summed E-state index contributed by atoms with van der Waals surface area (Å²) < 4.78 is 2.27. The number of allylic oxidation sites excluding steroid dienone is 4. The molecule has 1 aromatic heterocycles. The first-order valence-corrected chi connectivity index (χ1v) is 25.0. The first kappa shape index (κ1) is 43.0. The van der Waals surface area contributed by atoms with Crippen LogP contribution < -0.4 is 0 Å². The van der Waals surface area contributed by atoms with E-state index in [-0.39, 0.29) is 5.41 Å². The van der Waals surface area contributed by atoms with Crippen LogP contribution in [0.4, 0.5) is 0 Å². The minimum atomic E-state index is -0.167. The monoisotopic (exact) mass is 918 g/mol. The fourth-order valence-corrected chi connectivity index (χ4v) is 11.1. The highest BCUT2D eigenvalue weighted by Gasteiger charge is 2.27. The number of aromatic nitrogens is 2. The minimum absolute atomic E-state index is 0.167. The lowest BCUT2D eigenvalue weighted by molar-refractivity contribution is 0.600. The molecule has 1 aliphatic rings. The zero-order valence-electron chi connectivity index (χ0n) is 40.1. The molecule has 0 aliphatic heterocycles. The molecule has 0 amide bonds. The van der Waals surface area contributed by atoms with E-state index < -0.39 is 0 Å². The predicted octanol–water partition coefficient (Wildman–Crippen LogP) is 18.8. The quantitative estimate of drug-likeness (QED) is 0.132. The Morgan fingerprint density at radius 1 is 0.361 bits per heavy atom. The summed E-state index contributed by atoms with van der Waals surface area (Å²) in [6.45, 7) is 2.38. The maximum atomic E-state index is 5.20. The normalized spacial score (nSPS) is 14.3. The highest BCUT2D eigenvalue weighted by molar-refractivity contribution is 6.22. The maximum Gasteiger partial charge on any atom is 0.145 e. The van der Waals surface area contributed by atoms with Crippen LogP contribution in [0.2, 0.25) is 0 Å². The average Bonchev–Trinajstić information content (AvgIpc) is 3.85. The molecule has 1 atom stereocenters. The van der Waals surface area contributed by atoms with Crippen LogP contribution in [-0.4, -0.2) is 9.55 Å². The third-order valence-electron chi connectivity index (χ3n) is 14.8. The van der Waals surface area contributed by atoms with Crippen molar-refractivity contribution in [2.45, 2.75) is 18.8 Å². The van der Waals surface area contributed by atoms with Gasteiger partial charge in [0.25, 0.3) is 0 Å². The molecule has 1 heterocycles. The topological polar surface area (TPSA) is 17.8 Å². The standard InChI is InChI=1S/C70H50N2/c1-70(39-19-6-20-40-70)59-45-56(50-25-11-4-12-26-50)44-58(46-59)68-62-30-16-15-29-61(62)67(57-42-54(48-21-7-2-8-22-48)41-55(43-57)49-23-9-3-10-24-49)63-38-37-53(47-64(63)68)51-33-35-52(36-34-51)69-71-65-31-17-18-32-66(65)72(69)60-27-13-5-14-28-60/h2-39,41-47H,40H2,1H3. The van der Waals surface area contributed by atoms with Gasteiger partial charge in [-0.05, 0) is 155 Å². The maximum absolute atomic E-state index is 5.20. The molecule has 0 N–H and O–H groups in total. The molecule has 0 radical (unpaired) electrons. The van der Waals surface area contributed by atoms with Crippen LogP contribution in [0.5, 0.6) is 0 Å². The Morgan fingerprint density at radius 2 is 0.819 bits per heavy atom. The molecule has 0 fully saturated rings. The van der Waals surface area contributed by atoms with Crippen molar-refractivity contribution in [2.24, 2.45) is 0 Å². The molecule has 2 heteroatoms. The van der Waals surface area contributed by atoms with E-state index in [0.717, 1.165) is 45.7 Å². The number of para-hydroxylation sites is 3. The van der Waals surface area contributed by atoms with Crippen LogP contribution >= 0.6 is 0 Å². The smallest absolute Gasteiger partial charge is 0.145 e. The summed E-state index contributed by atoms with van der Waals surface area (Å²) in [5.41, 5.74) is 19.7. The third-order valence-corrected chi connectivity index (χ3v) is 14.8. The number of hydrogen-bond donors (Lipinski definition) is 0. The average molecular weight is 919 g/mol. The van der Waals surface area contributed by atoms with Gasteiger partial charge in [0.1, 0.15) is 5.82 Å². The Balaban J connectivity index is 1.07. The molecular formula is C70H50N2. The van der Waals surface area contributed by atoms with E-state index >= 15 is 0 Å². The molecular weight excluding hydrogens is 869 g/mol. The molecule has 0 spiro atoms. The van der Waals surface area contributed by atoms with Crippen LogP contribution in [0.15, 0.2) is 273 Å². The molecule has 1 aliphatic carbocycles. The van der Waals surface area contributed by atoms with Crippen LogP contribution in [0.3, 0.4) is 0 Å². The molecule has 1 unspecified atom stereocenters. The van der Waals surface area contributed by atoms with Gasteiger partial charge in [0, 0.05) is 16.7 Å². The van der Waals surface area contributed by atoms with Crippen molar-refractivity contribution < 1.29 is 0 Å². The van der Waals surface area contributed by atoms with Crippen molar-refractivity contribution >= 4 is 32.6 Å². The van der Waals surface area contributed by atoms with E-state index in [4.69, 9.17) is 4.98 Å². The van der Waals surface area contributed by atoms with Crippen LogP contribution in [0.25, 0.3) is 116 Å². The van der Waals surface area contributed by atoms with Gasteiger partial charge in [0.15, 0.2) is 0 Å². The van der Waals surface area contributed by atoms with Crippen molar-refractivity contribution in [2.75, 3.05) is 0 Å². The van der Waals surface area contributed by atoms with E-state index in [0.29, 0.717) is 0 Å². The lowest BCUT2D eigenvalue weighted by Gasteiger charge is -2.29. The second-order valence-electron chi connectivity index (χ2n) is 19.3. The number of hydrogen-bond acceptors (Lipinski definition) is 1. The van der Waals surface area contributed by atoms with Gasteiger partial charge in [-0.2, -0.15) is 0 Å². The van der Waals surface area contributed by atoms with Crippen LogP contribution in [-0.2, 0) is 5.41 Å². The summed E-state index contributed by atoms with van der Waals surface area (Å²) in [5.74, 6) is 0.921. The first-order chi connectivity index (χ1) is 35.5. The first-order valence-electron chi connectivity index (χ1n) is 25.0. The zero-order chi connectivity index (χ0) is 48.0. The van der Waals surface area contributed by atoms with Gasteiger partial charge in [0.2, 0.25) is 0 Å². The molecule has 2 nitrogen and oxygen atoms in total. The summed E-state index contributed by atoms with van der Waals surface area (Å²) in [5, 5.41) is 4.87. The molecule has 72 heavy (non-hydrogen) atoms.